The minimum absolute atomic E-state index is 0.160. The average Bonchev–Trinajstić information content (AvgIpc) is 3.44. The van der Waals surface area contributed by atoms with E-state index in [1.807, 2.05) is 0 Å². The Bertz CT molecular complexity index is 824. The number of halogens is 5. The van der Waals surface area contributed by atoms with Gasteiger partial charge >= 0.3 is 6.18 Å². The fourth-order valence-corrected chi connectivity index (χ4v) is 3.17. The van der Waals surface area contributed by atoms with Crippen molar-refractivity contribution in [1.29, 1.82) is 0 Å². The lowest BCUT2D eigenvalue weighted by atomic mass is 9.95. The van der Waals surface area contributed by atoms with Gasteiger partial charge < -0.3 is 5.32 Å². The first-order valence-electron chi connectivity index (χ1n) is 8.37. The molecular formula is C18H16Cl2F3N3O. The van der Waals surface area contributed by atoms with E-state index in [0.717, 1.165) is 19.3 Å². The monoisotopic (exact) mass is 417 g/mol. The van der Waals surface area contributed by atoms with E-state index in [4.69, 9.17) is 23.2 Å². The first-order chi connectivity index (χ1) is 12.8. The lowest BCUT2D eigenvalue weighted by molar-refractivity contribution is -0.145. The summed E-state index contributed by atoms with van der Waals surface area (Å²) in [5, 5.41) is 3.22. The minimum atomic E-state index is -4.58. The lowest BCUT2D eigenvalue weighted by Crippen LogP contribution is -2.29. The number of rotatable bonds is 6. The van der Waals surface area contributed by atoms with Crippen molar-refractivity contribution in [2.75, 3.05) is 6.54 Å². The van der Waals surface area contributed by atoms with E-state index in [1.165, 1.54) is 12.4 Å². The number of hydrogen-bond donors (Lipinski definition) is 1. The Kier molecular flexibility index (Phi) is 5.91. The molecule has 1 aliphatic carbocycles. The van der Waals surface area contributed by atoms with Crippen molar-refractivity contribution in [3.05, 3.63) is 57.6 Å². The molecule has 4 nitrogen and oxygen atoms in total. The second-order valence-corrected chi connectivity index (χ2v) is 7.31. The fraction of sp³-hybridized carbons (Fsp3) is 0.389. The van der Waals surface area contributed by atoms with Crippen LogP contribution in [0, 0.1) is 5.92 Å². The van der Waals surface area contributed by atoms with Gasteiger partial charge in [-0.25, -0.2) is 9.97 Å². The van der Waals surface area contributed by atoms with Gasteiger partial charge in [-0.15, -0.1) is 0 Å². The molecule has 1 atom stereocenters. The summed E-state index contributed by atoms with van der Waals surface area (Å²) in [6.07, 6.45) is 0.682. The summed E-state index contributed by atoms with van der Waals surface area (Å²) < 4.78 is 37.9. The minimum Gasteiger partial charge on any atom is -0.351 e. The number of benzene rings is 1. The zero-order valence-corrected chi connectivity index (χ0v) is 15.6. The highest BCUT2D eigenvalue weighted by Crippen LogP contribution is 2.38. The molecule has 0 radical (unpaired) electrons. The van der Waals surface area contributed by atoms with Crippen molar-refractivity contribution >= 4 is 29.1 Å². The van der Waals surface area contributed by atoms with Crippen LogP contribution in [-0.2, 0) is 6.18 Å². The summed E-state index contributed by atoms with van der Waals surface area (Å²) in [6, 6.07) is 4.76. The zero-order valence-electron chi connectivity index (χ0n) is 14.1. The highest BCUT2D eigenvalue weighted by atomic mass is 35.5. The number of aromatic nitrogens is 2. The molecule has 0 saturated heterocycles. The fourth-order valence-electron chi connectivity index (χ4n) is 2.78. The van der Waals surface area contributed by atoms with Gasteiger partial charge in [-0.3, -0.25) is 4.79 Å². The molecule has 0 spiro atoms. The summed E-state index contributed by atoms with van der Waals surface area (Å²) in [6.45, 7) is 0.243. The topological polar surface area (TPSA) is 54.9 Å². The molecule has 144 valence electrons. The number of nitrogens with zero attached hydrogens (tertiary/aromatic N) is 2. The van der Waals surface area contributed by atoms with Crippen LogP contribution < -0.4 is 5.32 Å². The first-order valence-corrected chi connectivity index (χ1v) is 9.12. The highest BCUT2D eigenvalue weighted by molar-refractivity contribution is 6.43. The molecule has 1 fully saturated rings. The Balaban J connectivity index is 1.71. The quantitative estimate of drug-likeness (QED) is 0.709. The molecule has 2 aromatic rings. The maximum atomic E-state index is 12.6. The Morgan fingerprint density at radius 1 is 1.22 bits per heavy atom. The molecule has 1 saturated carbocycles. The van der Waals surface area contributed by atoms with Crippen molar-refractivity contribution in [1.82, 2.24) is 15.3 Å². The molecule has 3 rings (SSSR count). The first kappa shape index (κ1) is 19.9. The number of hydrogen-bond acceptors (Lipinski definition) is 3. The van der Waals surface area contributed by atoms with Gasteiger partial charge in [-0.2, -0.15) is 13.2 Å². The Hall–Kier alpha value is -1.86. The second-order valence-electron chi connectivity index (χ2n) is 6.53. The van der Waals surface area contributed by atoms with E-state index in [0.29, 0.717) is 11.5 Å². The lowest BCUT2D eigenvalue weighted by Gasteiger charge is -2.18. The van der Waals surface area contributed by atoms with Gasteiger partial charge in [0.15, 0.2) is 0 Å². The number of amides is 1. The molecule has 9 heteroatoms. The van der Waals surface area contributed by atoms with Crippen LogP contribution in [0.5, 0.6) is 0 Å². The molecule has 1 aromatic heterocycles. The molecule has 0 aliphatic heterocycles. The molecule has 1 heterocycles. The third kappa shape index (κ3) is 5.11. The molecule has 1 amide bonds. The van der Waals surface area contributed by atoms with E-state index in [9.17, 15) is 18.0 Å². The Labute approximate surface area is 164 Å². The standard InChI is InChI=1S/C18H16Cl2F3N3O/c19-14-3-1-2-13(15(14)20)16(27)24-7-11(6-10-4-5-10)12-8-25-17(26-9-12)18(21,22)23/h1-3,8-11H,4-7H2,(H,24,27). The summed E-state index contributed by atoms with van der Waals surface area (Å²) in [4.78, 5) is 19.3. The van der Waals surface area contributed by atoms with Crippen LogP contribution in [0.15, 0.2) is 30.6 Å². The molecule has 0 bridgehead atoms. The van der Waals surface area contributed by atoms with Gasteiger partial charge in [0.25, 0.3) is 5.91 Å². The van der Waals surface area contributed by atoms with Crippen LogP contribution in [0.25, 0.3) is 0 Å². The number of carbonyl (C=O) groups is 1. The van der Waals surface area contributed by atoms with Crippen LogP contribution in [0.1, 0.15) is 46.9 Å². The normalized spacial score (nSPS) is 15.4. The van der Waals surface area contributed by atoms with E-state index in [2.05, 4.69) is 15.3 Å². The van der Waals surface area contributed by atoms with Crippen molar-refractivity contribution in [2.24, 2.45) is 5.92 Å². The van der Waals surface area contributed by atoms with Crippen molar-refractivity contribution < 1.29 is 18.0 Å². The SMILES string of the molecule is O=C(NCC(CC1CC1)c1cnc(C(F)(F)F)nc1)c1cccc(Cl)c1Cl. The molecule has 27 heavy (non-hydrogen) atoms. The van der Waals surface area contributed by atoms with Gasteiger partial charge in [0.1, 0.15) is 0 Å². The third-order valence-electron chi connectivity index (χ3n) is 4.42. The van der Waals surface area contributed by atoms with E-state index < -0.39 is 17.9 Å². The second kappa shape index (κ2) is 8.02. The Morgan fingerprint density at radius 3 is 2.48 bits per heavy atom. The van der Waals surface area contributed by atoms with Crippen molar-refractivity contribution in [3.63, 3.8) is 0 Å². The van der Waals surface area contributed by atoms with Crippen molar-refractivity contribution in [3.8, 4) is 0 Å². The predicted molar refractivity (Wildman–Crippen MR) is 95.9 cm³/mol. The number of carbonyl (C=O) groups excluding carboxylic acids is 1. The summed E-state index contributed by atoms with van der Waals surface area (Å²) >= 11 is 12.0. The largest absolute Gasteiger partial charge is 0.451 e. The van der Waals surface area contributed by atoms with Crippen LogP contribution >= 0.6 is 23.2 Å². The van der Waals surface area contributed by atoms with Crippen molar-refractivity contribution in [2.45, 2.75) is 31.4 Å². The maximum Gasteiger partial charge on any atom is 0.451 e. The predicted octanol–water partition coefficient (Wildman–Crippen LogP) is 5.12. The molecule has 1 N–H and O–H groups in total. The van der Waals surface area contributed by atoms with Gasteiger partial charge in [-0.05, 0) is 30.0 Å². The summed E-state index contributed by atoms with van der Waals surface area (Å²) in [5.74, 6) is -1.24. The molecular weight excluding hydrogens is 402 g/mol. The van der Waals surface area contributed by atoms with Crippen LogP contribution in [-0.4, -0.2) is 22.4 Å². The van der Waals surface area contributed by atoms with Crippen LogP contribution in [0.3, 0.4) is 0 Å². The van der Waals surface area contributed by atoms with Crippen LogP contribution in [0.2, 0.25) is 10.0 Å². The van der Waals surface area contributed by atoms with Gasteiger partial charge in [-0.1, -0.05) is 42.1 Å². The van der Waals surface area contributed by atoms with Gasteiger partial charge in [0, 0.05) is 24.9 Å². The summed E-state index contributed by atoms with van der Waals surface area (Å²) in [5.41, 5.74) is 0.811. The zero-order chi connectivity index (χ0) is 19.6. The van der Waals surface area contributed by atoms with Gasteiger partial charge in [0.05, 0.1) is 15.6 Å². The highest BCUT2D eigenvalue weighted by Gasteiger charge is 2.35. The Morgan fingerprint density at radius 2 is 1.89 bits per heavy atom. The molecule has 1 unspecified atom stereocenters. The van der Waals surface area contributed by atoms with E-state index in [1.54, 1.807) is 18.2 Å². The maximum absolute atomic E-state index is 12.6. The van der Waals surface area contributed by atoms with E-state index in [-0.39, 0.29) is 28.1 Å². The number of alkyl halides is 3. The number of nitrogens with one attached hydrogen (secondary N) is 1. The average molecular weight is 418 g/mol. The smallest absolute Gasteiger partial charge is 0.351 e. The molecule has 1 aliphatic rings. The van der Waals surface area contributed by atoms with Gasteiger partial charge in [0.2, 0.25) is 5.82 Å². The summed E-state index contributed by atoms with van der Waals surface area (Å²) in [7, 11) is 0. The van der Waals surface area contributed by atoms with E-state index >= 15 is 0 Å². The molecule has 1 aromatic carbocycles. The van der Waals surface area contributed by atoms with Crippen LogP contribution in [0.4, 0.5) is 13.2 Å². The third-order valence-corrected chi connectivity index (χ3v) is 5.24.